The summed E-state index contributed by atoms with van der Waals surface area (Å²) < 4.78 is 16.4. The third-order valence-electron chi connectivity index (χ3n) is 5.44. The zero-order chi connectivity index (χ0) is 18.0. The Hall–Kier alpha value is -3.47. The predicted molar refractivity (Wildman–Crippen MR) is 101 cm³/mol. The largest absolute Gasteiger partial charge is 0.457 e. The van der Waals surface area contributed by atoms with Crippen molar-refractivity contribution in [1.29, 1.82) is 0 Å². The van der Waals surface area contributed by atoms with E-state index in [1.54, 1.807) is 0 Å². The third kappa shape index (κ3) is 2.02. The molecule has 6 rings (SSSR count). The topological polar surface area (TPSA) is 56.8 Å². The van der Waals surface area contributed by atoms with Crippen LogP contribution in [-0.4, -0.2) is 19.4 Å². The van der Waals surface area contributed by atoms with Crippen LogP contribution < -0.4 is 14.8 Å². The van der Waals surface area contributed by atoms with Crippen molar-refractivity contribution in [2.75, 3.05) is 18.7 Å². The molecular formula is C22H15NO4. The molecule has 0 saturated carbocycles. The first-order chi connectivity index (χ1) is 13.3. The number of nitrogens with one attached hydrogen (secondary N) is 1. The number of ether oxygens (including phenoxy) is 3. The molecule has 0 bridgehead atoms. The van der Waals surface area contributed by atoms with Crippen molar-refractivity contribution < 1.29 is 19.0 Å². The molecule has 27 heavy (non-hydrogen) atoms. The van der Waals surface area contributed by atoms with Crippen LogP contribution in [0.3, 0.4) is 0 Å². The SMILES string of the molecule is O=C1OCC2=C1C(c1ccc3c(c1)OCO3)Nc1ccc3ccccc3c12. The molecule has 3 aromatic rings. The molecule has 0 spiro atoms. The molecule has 1 atom stereocenters. The molecule has 5 heteroatoms. The lowest BCUT2D eigenvalue weighted by Gasteiger charge is -2.28. The van der Waals surface area contributed by atoms with Crippen molar-refractivity contribution in [2.45, 2.75) is 6.04 Å². The van der Waals surface area contributed by atoms with Crippen molar-refractivity contribution >= 4 is 28.0 Å². The van der Waals surface area contributed by atoms with E-state index in [1.807, 2.05) is 30.3 Å². The highest BCUT2D eigenvalue weighted by Gasteiger charge is 2.38. The summed E-state index contributed by atoms with van der Waals surface area (Å²) >= 11 is 0. The van der Waals surface area contributed by atoms with Gasteiger partial charge in [0.25, 0.3) is 0 Å². The maximum absolute atomic E-state index is 12.6. The van der Waals surface area contributed by atoms with Crippen LogP contribution in [0.2, 0.25) is 0 Å². The molecule has 0 aromatic heterocycles. The predicted octanol–water partition coefficient (Wildman–Crippen LogP) is 4.05. The summed E-state index contributed by atoms with van der Waals surface area (Å²) in [4.78, 5) is 12.6. The number of anilines is 1. The molecule has 3 aliphatic heterocycles. The normalized spacial score (nSPS) is 19.6. The minimum absolute atomic E-state index is 0.224. The lowest BCUT2D eigenvalue weighted by Crippen LogP contribution is -2.22. The van der Waals surface area contributed by atoms with Gasteiger partial charge in [-0.2, -0.15) is 0 Å². The summed E-state index contributed by atoms with van der Waals surface area (Å²) in [6.45, 7) is 0.527. The van der Waals surface area contributed by atoms with Crippen molar-refractivity contribution in [1.82, 2.24) is 0 Å². The van der Waals surface area contributed by atoms with E-state index in [9.17, 15) is 4.79 Å². The Morgan fingerprint density at radius 1 is 0.926 bits per heavy atom. The first-order valence-corrected chi connectivity index (χ1v) is 8.88. The van der Waals surface area contributed by atoms with Crippen molar-refractivity contribution in [3.05, 3.63) is 71.3 Å². The number of fused-ring (bicyclic) bond motifs is 5. The van der Waals surface area contributed by atoms with E-state index in [0.717, 1.165) is 38.9 Å². The second-order valence-electron chi connectivity index (χ2n) is 6.87. The third-order valence-corrected chi connectivity index (χ3v) is 5.44. The Balaban J connectivity index is 1.57. The first kappa shape index (κ1) is 14.7. The number of benzene rings is 3. The van der Waals surface area contributed by atoms with Crippen LogP contribution in [0.15, 0.2) is 60.2 Å². The number of carbonyl (C=O) groups excluding carboxylic acids is 1. The van der Waals surface area contributed by atoms with E-state index in [4.69, 9.17) is 14.2 Å². The quantitative estimate of drug-likeness (QED) is 0.666. The summed E-state index contributed by atoms with van der Waals surface area (Å²) in [7, 11) is 0. The van der Waals surface area contributed by atoms with Gasteiger partial charge in [0.2, 0.25) is 6.79 Å². The van der Waals surface area contributed by atoms with Gasteiger partial charge in [-0.15, -0.1) is 0 Å². The minimum atomic E-state index is -0.279. The highest BCUT2D eigenvalue weighted by atomic mass is 16.7. The van der Waals surface area contributed by atoms with E-state index < -0.39 is 0 Å². The standard InChI is InChI=1S/C22H15NO4/c24-22-20-15(10-25-22)19-14-4-2-1-3-12(14)5-7-16(19)23-21(20)13-6-8-17-18(9-13)27-11-26-17/h1-9,21,23H,10-11H2. The van der Waals surface area contributed by atoms with Gasteiger partial charge in [0.05, 0.1) is 11.6 Å². The maximum Gasteiger partial charge on any atom is 0.337 e. The van der Waals surface area contributed by atoms with E-state index in [-0.39, 0.29) is 18.8 Å². The zero-order valence-corrected chi connectivity index (χ0v) is 14.3. The van der Waals surface area contributed by atoms with E-state index in [1.165, 1.54) is 0 Å². The summed E-state index contributed by atoms with van der Waals surface area (Å²) in [6, 6.07) is 17.9. The fourth-order valence-electron chi connectivity index (χ4n) is 4.20. The van der Waals surface area contributed by atoms with Gasteiger partial charge in [0.15, 0.2) is 11.5 Å². The monoisotopic (exact) mass is 357 g/mol. The highest BCUT2D eigenvalue weighted by molar-refractivity contribution is 6.11. The lowest BCUT2D eigenvalue weighted by atomic mass is 9.85. The summed E-state index contributed by atoms with van der Waals surface area (Å²) in [5.41, 5.74) is 4.66. The molecule has 3 heterocycles. The molecule has 0 saturated heterocycles. The fourth-order valence-corrected chi connectivity index (χ4v) is 4.20. The summed E-state index contributed by atoms with van der Waals surface area (Å²) in [5.74, 6) is 1.16. The molecule has 1 unspecified atom stereocenters. The molecule has 0 amide bonds. The molecule has 0 fully saturated rings. The molecule has 1 N–H and O–H groups in total. The summed E-state index contributed by atoms with van der Waals surface area (Å²) in [6.07, 6.45) is 0. The van der Waals surface area contributed by atoms with Crippen LogP contribution in [0, 0.1) is 0 Å². The van der Waals surface area contributed by atoms with Gasteiger partial charge in [0, 0.05) is 16.8 Å². The Kier molecular flexibility index (Phi) is 2.86. The molecule has 132 valence electrons. The molecule has 3 aromatic carbocycles. The van der Waals surface area contributed by atoms with Gasteiger partial charge in [-0.1, -0.05) is 36.4 Å². The second-order valence-corrected chi connectivity index (χ2v) is 6.87. The lowest BCUT2D eigenvalue weighted by molar-refractivity contribution is -0.136. The Morgan fingerprint density at radius 2 is 1.81 bits per heavy atom. The van der Waals surface area contributed by atoms with Gasteiger partial charge < -0.3 is 19.5 Å². The number of cyclic esters (lactones) is 1. The van der Waals surface area contributed by atoms with Gasteiger partial charge in [-0.25, -0.2) is 4.79 Å². The van der Waals surface area contributed by atoms with E-state index in [0.29, 0.717) is 17.9 Å². The van der Waals surface area contributed by atoms with Gasteiger partial charge in [0.1, 0.15) is 6.61 Å². The van der Waals surface area contributed by atoms with E-state index >= 15 is 0 Å². The Labute approximate surface area is 155 Å². The van der Waals surface area contributed by atoms with Crippen LogP contribution >= 0.6 is 0 Å². The molecule has 0 radical (unpaired) electrons. The molecule has 5 nitrogen and oxygen atoms in total. The smallest absolute Gasteiger partial charge is 0.337 e. The number of esters is 1. The maximum atomic E-state index is 12.6. The number of rotatable bonds is 1. The van der Waals surface area contributed by atoms with Crippen LogP contribution in [0.1, 0.15) is 17.2 Å². The van der Waals surface area contributed by atoms with Crippen molar-refractivity contribution in [3.63, 3.8) is 0 Å². The van der Waals surface area contributed by atoms with E-state index in [2.05, 4.69) is 29.6 Å². The number of hydrogen-bond donors (Lipinski definition) is 1. The van der Waals surface area contributed by atoms with Gasteiger partial charge >= 0.3 is 5.97 Å². The van der Waals surface area contributed by atoms with Gasteiger partial charge in [-0.05, 0) is 34.5 Å². The fraction of sp³-hybridized carbons (Fsp3) is 0.136. The summed E-state index contributed by atoms with van der Waals surface area (Å²) in [5, 5.41) is 5.81. The zero-order valence-electron chi connectivity index (χ0n) is 14.3. The van der Waals surface area contributed by atoms with Crippen LogP contribution in [0.5, 0.6) is 11.5 Å². The van der Waals surface area contributed by atoms with Crippen molar-refractivity contribution in [3.8, 4) is 11.5 Å². The van der Waals surface area contributed by atoms with Crippen molar-refractivity contribution in [2.24, 2.45) is 0 Å². The van der Waals surface area contributed by atoms with Crippen LogP contribution in [0.25, 0.3) is 16.3 Å². The van der Waals surface area contributed by atoms with Crippen LogP contribution in [-0.2, 0) is 9.53 Å². The second kappa shape index (κ2) is 5.27. The van der Waals surface area contributed by atoms with Crippen LogP contribution in [0.4, 0.5) is 5.69 Å². The molecule has 0 aliphatic carbocycles. The highest BCUT2D eigenvalue weighted by Crippen LogP contribution is 2.47. The molecular weight excluding hydrogens is 342 g/mol. The molecule has 3 aliphatic rings. The average molecular weight is 357 g/mol. The Morgan fingerprint density at radius 3 is 2.78 bits per heavy atom. The minimum Gasteiger partial charge on any atom is -0.457 e. The average Bonchev–Trinajstić information content (AvgIpc) is 3.33. The Bertz CT molecular complexity index is 1160. The van der Waals surface area contributed by atoms with Gasteiger partial charge in [-0.3, -0.25) is 0 Å². The number of carbonyl (C=O) groups is 1. The number of hydrogen-bond acceptors (Lipinski definition) is 5. The first-order valence-electron chi connectivity index (χ1n) is 8.88.